The molecule has 1 amide bonds. The van der Waals surface area contributed by atoms with Crippen molar-refractivity contribution in [3.63, 3.8) is 0 Å². The van der Waals surface area contributed by atoms with Gasteiger partial charge in [-0.1, -0.05) is 30.7 Å². The van der Waals surface area contributed by atoms with Crippen LogP contribution in [0.25, 0.3) is 11.0 Å². The van der Waals surface area contributed by atoms with Crippen LogP contribution >= 0.6 is 0 Å². The van der Waals surface area contributed by atoms with E-state index in [1.807, 2.05) is 12.1 Å². The zero-order valence-corrected chi connectivity index (χ0v) is 17.3. The molecule has 0 radical (unpaired) electrons. The quantitative estimate of drug-likeness (QED) is 0.615. The number of carbonyl (C=O) groups is 1. The Labute approximate surface area is 178 Å². The molecule has 1 fully saturated rings. The number of benzene rings is 2. The number of hydrogen-bond acceptors (Lipinski definition) is 3. The van der Waals surface area contributed by atoms with Crippen LogP contribution in [0, 0.1) is 0 Å². The Morgan fingerprint density at radius 3 is 2.58 bits per heavy atom. The number of likely N-dealkylation sites (tertiary alicyclic amines) is 1. The van der Waals surface area contributed by atoms with Crippen molar-refractivity contribution < 1.29 is 18.0 Å². The molecule has 8 heteroatoms. The van der Waals surface area contributed by atoms with E-state index in [4.69, 9.17) is 0 Å². The van der Waals surface area contributed by atoms with Crippen LogP contribution in [0.15, 0.2) is 48.5 Å². The van der Waals surface area contributed by atoms with Crippen LogP contribution < -0.4 is 5.32 Å². The number of aromatic nitrogens is 2. The van der Waals surface area contributed by atoms with E-state index < -0.39 is 24.5 Å². The van der Waals surface area contributed by atoms with Crippen molar-refractivity contribution >= 4 is 22.6 Å². The van der Waals surface area contributed by atoms with Crippen LogP contribution in [-0.4, -0.2) is 32.9 Å². The summed E-state index contributed by atoms with van der Waals surface area (Å²) in [4.78, 5) is 18.6. The van der Waals surface area contributed by atoms with Crippen molar-refractivity contribution in [1.82, 2.24) is 14.5 Å². The third kappa shape index (κ3) is 4.90. The molecule has 1 saturated heterocycles. The number of imidazole rings is 1. The molecule has 1 N–H and O–H groups in total. The number of para-hydroxylation sites is 2. The molecular formula is C23H25F3N4O. The number of hydrogen-bond donors (Lipinski definition) is 1. The summed E-state index contributed by atoms with van der Waals surface area (Å²) in [6.45, 7) is 3.70. The highest BCUT2D eigenvalue weighted by molar-refractivity contribution is 5.91. The number of rotatable bonds is 5. The Bertz CT molecular complexity index is 1060. The van der Waals surface area contributed by atoms with E-state index in [1.54, 1.807) is 24.3 Å². The van der Waals surface area contributed by atoms with E-state index in [9.17, 15) is 18.0 Å². The summed E-state index contributed by atoms with van der Waals surface area (Å²) >= 11 is 0. The topological polar surface area (TPSA) is 50.2 Å². The second-order valence-electron chi connectivity index (χ2n) is 8.07. The lowest BCUT2D eigenvalue weighted by Gasteiger charge is -2.33. The predicted octanol–water partition coefficient (Wildman–Crippen LogP) is 5.07. The van der Waals surface area contributed by atoms with Gasteiger partial charge in [-0.05, 0) is 56.1 Å². The molecule has 1 aliphatic heterocycles. The van der Waals surface area contributed by atoms with Gasteiger partial charge in [0.1, 0.15) is 6.54 Å². The van der Waals surface area contributed by atoms with Crippen LogP contribution in [0.2, 0.25) is 0 Å². The zero-order chi connectivity index (χ0) is 22.0. The van der Waals surface area contributed by atoms with Crippen molar-refractivity contribution in [2.45, 2.75) is 51.5 Å². The molecule has 1 atom stereocenters. The van der Waals surface area contributed by atoms with Crippen molar-refractivity contribution in [3.8, 4) is 0 Å². The van der Waals surface area contributed by atoms with Crippen LogP contribution in [0.4, 0.5) is 18.9 Å². The van der Waals surface area contributed by atoms with Crippen molar-refractivity contribution in [2.75, 3.05) is 11.9 Å². The second-order valence-corrected chi connectivity index (χ2v) is 8.07. The molecule has 2 heterocycles. The normalized spacial score (nSPS) is 17.7. The Balaban J connectivity index is 1.45. The number of piperidine rings is 1. The van der Waals surface area contributed by atoms with Crippen molar-refractivity contribution in [2.24, 2.45) is 0 Å². The highest BCUT2D eigenvalue weighted by Gasteiger charge is 2.38. The Kier molecular flexibility index (Phi) is 6.00. The smallest absolute Gasteiger partial charge is 0.325 e. The minimum Gasteiger partial charge on any atom is -0.325 e. The molecule has 0 spiro atoms. The summed E-state index contributed by atoms with van der Waals surface area (Å²) in [5.41, 5.74) is 2.18. The molecular weight excluding hydrogens is 405 g/mol. The molecule has 1 aromatic heterocycles. The molecule has 0 saturated carbocycles. The van der Waals surface area contributed by atoms with Crippen LogP contribution in [0.5, 0.6) is 0 Å². The standard InChI is InChI=1S/C23H25F3N4O/c1-16-6-4-5-13-29(16)14-17-9-11-18(12-10-17)27-21(31)15-30-20-8-3-2-7-19(20)28-22(30)23(24,25)26/h2-3,7-12,16H,4-6,13-15H2,1H3,(H,27,31). The lowest BCUT2D eigenvalue weighted by Crippen LogP contribution is -2.36. The highest BCUT2D eigenvalue weighted by Crippen LogP contribution is 2.31. The van der Waals surface area contributed by atoms with Gasteiger partial charge in [-0.25, -0.2) is 4.98 Å². The SMILES string of the molecule is CC1CCCCN1Cc1ccc(NC(=O)Cn2c(C(F)(F)F)nc3ccccc32)cc1. The Hall–Kier alpha value is -2.87. The lowest BCUT2D eigenvalue weighted by atomic mass is 10.0. The van der Waals surface area contributed by atoms with Crippen LogP contribution in [0.1, 0.15) is 37.6 Å². The molecule has 1 unspecified atom stereocenters. The molecule has 1 aliphatic rings. The minimum atomic E-state index is -4.65. The number of fused-ring (bicyclic) bond motifs is 1. The van der Waals surface area contributed by atoms with E-state index in [-0.39, 0.29) is 11.0 Å². The fraction of sp³-hybridized carbons (Fsp3) is 0.391. The summed E-state index contributed by atoms with van der Waals surface area (Å²) in [5.74, 6) is -1.61. The number of nitrogens with zero attached hydrogens (tertiary/aromatic N) is 3. The Morgan fingerprint density at radius 2 is 1.87 bits per heavy atom. The number of alkyl halides is 3. The first-order valence-electron chi connectivity index (χ1n) is 10.5. The van der Waals surface area contributed by atoms with Gasteiger partial charge in [0, 0.05) is 18.3 Å². The third-order valence-electron chi connectivity index (χ3n) is 5.77. The summed E-state index contributed by atoms with van der Waals surface area (Å²) in [5, 5.41) is 2.69. The first-order valence-corrected chi connectivity index (χ1v) is 10.5. The fourth-order valence-corrected chi connectivity index (χ4v) is 4.12. The molecule has 3 aromatic rings. The summed E-state index contributed by atoms with van der Waals surface area (Å²) < 4.78 is 41.1. The van der Waals surface area contributed by atoms with E-state index in [1.165, 1.54) is 31.4 Å². The highest BCUT2D eigenvalue weighted by atomic mass is 19.4. The molecule has 164 valence electrons. The van der Waals surface area contributed by atoms with Crippen LogP contribution in [-0.2, 0) is 24.1 Å². The number of amides is 1. The Morgan fingerprint density at radius 1 is 1.13 bits per heavy atom. The predicted molar refractivity (Wildman–Crippen MR) is 114 cm³/mol. The second kappa shape index (κ2) is 8.70. The molecule has 5 nitrogen and oxygen atoms in total. The van der Waals surface area contributed by atoms with Gasteiger partial charge < -0.3 is 9.88 Å². The van der Waals surface area contributed by atoms with Gasteiger partial charge in [0.15, 0.2) is 0 Å². The van der Waals surface area contributed by atoms with E-state index in [0.29, 0.717) is 11.7 Å². The van der Waals surface area contributed by atoms with Crippen LogP contribution in [0.3, 0.4) is 0 Å². The average Bonchev–Trinajstić information content (AvgIpc) is 3.10. The van der Waals surface area contributed by atoms with Gasteiger partial charge in [-0.2, -0.15) is 13.2 Å². The molecule has 2 aromatic carbocycles. The largest absolute Gasteiger partial charge is 0.449 e. The molecule has 0 bridgehead atoms. The van der Waals surface area contributed by atoms with E-state index in [0.717, 1.165) is 23.2 Å². The summed E-state index contributed by atoms with van der Waals surface area (Å²) in [7, 11) is 0. The minimum absolute atomic E-state index is 0.207. The van der Waals surface area contributed by atoms with E-state index >= 15 is 0 Å². The molecule has 31 heavy (non-hydrogen) atoms. The monoisotopic (exact) mass is 430 g/mol. The van der Waals surface area contributed by atoms with Gasteiger partial charge in [0.2, 0.25) is 11.7 Å². The fourth-order valence-electron chi connectivity index (χ4n) is 4.12. The zero-order valence-electron chi connectivity index (χ0n) is 17.3. The van der Waals surface area contributed by atoms with E-state index in [2.05, 4.69) is 22.1 Å². The van der Waals surface area contributed by atoms with Crippen molar-refractivity contribution in [1.29, 1.82) is 0 Å². The summed E-state index contributed by atoms with van der Waals surface area (Å²) in [6.07, 6.45) is -0.963. The first-order chi connectivity index (χ1) is 14.8. The summed E-state index contributed by atoms with van der Waals surface area (Å²) in [6, 6.07) is 14.3. The van der Waals surface area contributed by atoms with Crippen molar-refractivity contribution in [3.05, 3.63) is 59.9 Å². The maximum Gasteiger partial charge on any atom is 0.449 e. The maximum atomic E-state index is 13.4. The van der Waals surface area contributed by atoms with Gasteiger partial charge >= 0.3 is 6.18 Å². The molecule has 4 rings (SSSR count). The number of nitrogens with one attached hydrogen (secondary N) is 1. The average molecular weight is 430 g/mol. The number of halogens is 3. The molecule has 0 aliphatic carbocycles. The number of anilines is 1. The maximum absolute atomic E-state index is 13.4. The number of carbonyl (C=O) groups excluding carboxylic acids is 1. The van der Waals surface area contributed by atoms with Gasteiger partial charge in [-0.15, -0.1) is 0 Å². The first kappa shape index (κ1) is 21.4. The van der Waals surface area contributed by atoms with Gasteiger partial charge in [0.05, 0.1) is 11.0 Å². The third-order valence-corrected chi connectivity index (χ3v) is 5.77. The van der Waals surface area contributed by atoms with Gasteiger partial charge in [0.25, 0.3) is 0 Å². The van der Waals surface area contributed by atoms with Gasteiger partial charge in [-0.3, -0.25) is 9.69 Å². The lowest BCUT2D eigenvalue weighted by molar-refractivity contribution is -0.147.